The number of nitriles is 1. The van der Waals surface area contributed by atoms with E-state index >= 15 is 0 Å². The maximum absolute atomic E-state index is 9.60. The van der Waals surface area contributed by atoms with Crippen LogP contribution in [0.3, 0.4) is 0 Å². The van der Waals surface area contributed by atoms with Crippen LogP contribution in [-0.2, 0) is 53.7 Å². The third kappa shape index (κ3) is 16.3. The average Bonchev–Trinajstić information content (AvgIpc) is 1.25. The zero-order valence-corrected chi connectivity index (χ0v) is 69.8. The van der Waals surface area contributed by atoms with Crippen LogP contribution in [0.2, 0.25) is 0 Å². The molecule has 0 saturated carbocycles. The number of benzene rings is 8. The van der Waals surface area contributed by atoms with Crippen LogP contribution in [0.4, 0.5) is 17.1 Å². The van der Waals surface area contributed by atoms with Gasteiger partial charge in [-0.1, -0.05) is 167 Å². The monoisotopic (exact) mass is 1530 g/mol. The fraction of sp³-hybridized carbons (Fsp3) is 0.301. The van der Waals surface area contributed by atoms with E-state index in [1.165, 1.54) is 0 Å². The summed E-state index contributed by atoms with van der Waals surface area (Å²) >= 11 is 0. The molecule has 0 unspecified atom stereocenters. The van der Waals surface area contributed by atoms with Crippen molar-refractivity contribution in [2.75, 3.05) is 0 Å². The van der Waals surface area contributed by atoms with Gasteiger partial charge in [0.05, 0.1) is 64.6 Å². The van der Waals surface area contributed by atoms with E-state index in [4.69, 9.17) is 59.3 Å². The average molecular weight is 1540 g/mol. The lowest BCUT2D eigenvalue weighted by Gasteiger charge is -2.18. The molecule has 0 amide bonds. The van der Waals surface area contributed by atoms with Crippen molar-refractivity contribution in [1.29, 1.82) is 5.26 Å². The van der Waals surface area contributed by atoms with Crippen LogP contribution in [0.15, 0.2) is 187 Å². The van der Waals surface area contributed by atoms with Crippen molar-refractivity contribution >= 4 is 105 Å². The molecule has 0 aliphatic rings. The molecule has 578 valence electrons. The molecular weight excluding hydrogens is 1410 g/mol. The van der Waals surface area contributed by atoms with Gasteiger partial charge in [0.1, 0.15) is 72.9 Å². The zero-order valence-electron chi connectivity index (χ0n) is 85.8. The van der Waals surface area contributed by atoms with Crippen LogP contribution in [0.5, 0.6) is 0 Å². The van der Waals surface area contributed by atoms with Gasteiger partial charge >= 0.3 is 0 Å². The molecule has 8 aromatic heterocycles. The lowest BCUT2D eigenvalue weighted by molar-refractivity contribution is -0.666. The number of aryl methyl sites for hydroxylation is 4. The molecule has 0 spiro atoms. The van der Waals surface area contributed by atoms with E-state index in [9.17, 15) is 5.26 Å². The molecule has 115 heavy (non-hydrogen) atoms. The number of pyridine rings is 4. The van der Waals surface area contributed by atoms with Crippen LogP contribution in [-0.4, -0.2) is 0 Å². The van der Waals surface area contributed by atoms with Crippen molar-refractivity contribution in [2.45, 2.75) is 157 Å². The summed E-state index contributed by atoms with van der Waals surface area (Å²) in [7, 11) is 7.18. The van der Waals surface area contributed by atoms with Crippen LogP contribution in [0.1, 0.15) is 171 Å². The highest BCUT2D eigenvalue weighted by Gasteiger charge is 2.30. The van der Waals surface area contributed by atoms with E-state index < -0.39 is 47.7 Å². The van der Waals surface area contributed by atoms with Gasteiger partial charge < -0.3 is 17.7 Å². The molecular formula is C103H106N8O4+4. The standard InChI is InChI=1S/3C26H27N2O.C25H25N2O/c1-16-8-10-21-20-11-9-19(27-6)14-23(20)29-25(21)24(16)22-13-18(15-26(3,4)5)12-17(2)28(22)7;1-16-8-10-20-21-14-19(27-6)9-11-23(21)29-25(20)24(16)22-13-18(15-26(3,4)5)12-17(2)28(22)7;1-16-11-12-20-19-9-8-10-21(27-6)24(19)29-25(20)23(16)22-14-18(15-26(3,4)5)13-17(2)28(22)7;1-15(2)11-18-12-17(4)27(5)21(13-18)23-16(3)9-10-20-24-19(14-26)7-6-8-22(24)28-25(20)23/h3*8-14H,15H2,1-5,7H3;6-10,12-13,15H,11H2,1-5H3/q4*+1/i2*12D,13D,15D2;13D,14D,15D2;11D2,12D,13D. The molecule has 0 bridgehead atoms. The molecule has 8 aromatic carbocycles. The Hall–Kier alpha value is -12.5. The first-order valence-electron chi connectivity index (χ1n) is 46.3. The van der Waals surface area contributed by atoms with E-state index in [2.05, 4.69) is 20.6 Å². The van der Waals surface area contributed by atoms with Gasteiger partial charge in [0, 0.05) is 130 Å². The Morgan fingerprint density at radius 1 is 0.391 bits per heavy atom. The van der Waals surface area contributed by atoms with E-state index in [1.54, 1.807) is 199 Å². The molecule has 0 atom stereocenters. The van der Waals surface area contributed by atoms with Crippen molar-refractivity contribution in [2.24, 2.45) is 50.4 Å². The minimum Gasteiger partial charge on any atom is -0.466 e. The van der Waals surface area contributed by atoms with E-state index in [-0.39, 0.29) is 70.6 Å². The third-order valence-electron chi connectivity index (χ3n) is 20.3. The Bertz CT molecular complexity index is 7590. The molecule has 0 aliphatic heterocycles. The normalized spacial score (nSPS) is 14.3. The Morgan fingerprint density at radius 2 is 0.757 bits per heavy atom. The first kappa shape index (κ1) is 62.0. The molecule has 0 fully saturated rings. The number of hydrogen-bond acceptors (Lipinski definition) is 5. The van der Waals surface area contributed by atoms with Crippen molar-refractivity contribution in [3.05, 3.63) is 277 Å². The summed E-state index contributed by atoms with van der Waals surface area (Å²) in [6.07, 6.45) is -7.53. The number of furan rings is 4. The largest absolute Gasteiger partial charge is 0.466 e. The van der Waals surface area contributed by atoms with Gasteiger partial charge in [0.15, 0.2) is 34.2 Å². The lowest BCUT2D eigenvalue weighted by Crippen LogP contribution is -2.35. The lowest BCUT2D eigenvalue weighted by atomic mass is 9.87. The smallest absolute Gasteiger partial charge is 0.229 e. The highest BCUT2D eigenvalue weighted by atomic mass is 16.3. The number of aromatic nitrogens is 4. The number of hydrogen-bond donors (Lipinski definition) is 0. The Balaban J connectivity index is 0.000000149. The summed E-state index contributed by atoms with van der Waals surface area (Å²) in [5, 5.41) is 16.2. The maximum atomic E-state index is 9.60. The van der Waals surface area contributed by atoms with Crippen molar-refractivity contribution < 1.29 is 57.9 Å². The highest BCUT2D eigenvalue weighted by Crippen LogP contribution is 2.45. The molecule has 16 rings (SSSR count). The summed E-state index contributed by atoms with van der Waals surface area (Å²) in [5.74, 6) is -0.406. The number of nitrogens with zero attached hydrogens (tertiary/aromatic N) is 8. The van der Waals surface area contributed by atoms with Crippen molar-refractivity contribution in [1.82, 2.24) is 0 Å². The summed E-state index contributed by atoms with van der Waals surface area (Å²) in [5.41, 5.74) is 15.1. The van der Waals surface area contributed by atoms with Crippen LogP contribution < -0.4 is 18.3 Å². The SMILES string of the molecule is [2H]c1c(C([2H])([2H])C(C)(C)C)c([2H])c(-c2c(C)ccc3c2oc2c([N+]#[C-])cccc23)[n+](C)c1C.[2H]c1c(C([2H])([2H])C(C)(C)C)c([2H])c(-c2c(C)ccc3c2oc2cc([N+]#[C-])ccc23)[n+](C)c1C.[2H]c1c(C([2H])([2H])C(C)(C)C)c([2H])c(-c2c(C)ccc3c2oc2ccc([N+]#[C-])cc23)[n+](C)c1C.[2H]c1c(C([2H])([2H])C(C)C)c([2H])c(-c2c(C)ccc3c2oc2cccc(C#N)c23)[n+](C)c1C. The van der Waals surface area contributed by atoms with Crippen molar-refractivity contribution in [3.8, 4) is 51.1 Å². The molecule has 16 aromatic rings. The van der Waals surface area contributed by atoms with Gasteiger partial charge in [-0.25, -0.2) is 14.5 Å². The first-order chi connectivity index (χ1) is 61.0. The van der Waals surface area contributed by atoms with Gasteiger partial charge in [-0.05, 0) is 150 Å². The van der Waals surface area contributed by atoms with Gasteiger partial charge in [-0.15, -0.1) is 0 Å². The third-order valence-corrected chi connectivity index (χ3v) is 20.3. The highest BCUT2D eigenvalue weighted by molar-refractivity contribution is 6.15. The zero-order chi connectivity index (χ0) is 96.9. The minimum atomic E-state index is -1.90. The molecule has 12 nitrogen and oxygen atoms in total. The second kappa shape index (κ2) is 31.5. The second-order valence-corrected chi connectivity index (χ2v) is 33.0. The summed E-state index contributed by atoms with van der Waals surface area (Å²) in [6, 6.07) is 39.4. The predicted octanol–water partition coefficient (Wildman–Crippen LogP) is 26.3. The first-order valence-corrected chi connectivity index (χ1v) is 38.3. The van der Waals surface area contributed by atoms with E-state index in [1.807, 2.05) is 100 Å². The van der Waals surface area contributed by atoms with Gasteiger partial charge in [0.2, 0.25) is 28.5 Å². The molecule has 0 N–H and O–H groups in total. The van der Waals surface area contributed by atoms with Gasteiger partial charge in [-0.2, -0.15) is 23.5 Å². The Kier molecular flexibility index (Phi) is 17.0. The van der Waals surface area contributed by atoms with Crippen LogP contribution in [0, 0.1) is 109 Å². The maximum Gasteiger partial charge on any atom is 0.229 e. The topological polar surface area (TPSA) is 105 Å². The fourth-order valence-corrected chi connectivity index (χ4v) is 14.5. The number of fused-ring (bicyclic) bond motifs is 12. The summed E-state index contributed by atoms with van der Waals surface area (Å²) in [4.78, 5) is 10.6. The summed E-state index contributed by atoms with van der Waals surface area (Å²) in [6.45, 7) is 56.6. The molecule has 0 aliphatic carbocycles. The van der Waals surface area contributed by atoms with Gasteiger partial charge in [0.25, 0.3) is 0 Å². The predicted molar refractivity (Wildman–Crippen MR) is 471 cm³/mol. The second-order valence-electron chi connectivity index (χ2n) is 33.0. The summed E-state index contributed by atoms with van der Waals surface area (Å²) < 4.78 is 173. The number of para-hydroxylation sites is 1. The fourth-order valence-electron chi connectivity index (χ4n) is 14.5. The Labute approximate surface area is 700 Å². The van der Waals surface area contributed by atoms with Crippen LogP contribution in [0.25, 0.3) is 147 Å². The molecule has 8 heterocycles. The molecule has 12 heteroatoms. The number of rotatable bonds is 9. The molecule has 0 saturated heterocycles. The van der Waals surface area contributed by atoms with Gasteiger partial charge in [-0.3, -0.25) is 0 Å². The van der Waals surface area contributed by atoms with E-state index in [0.29, 0.717) is 135 Å². The minimum absolute atomic E-state index is 0.00840. The quantitative estimate of drug-likeness (QED) is 0.106. The Morgan fingerprint density at radius 3 is 1.20 bits per heavy atom. The van der Waals surface area contributed by atoms with E-state index in [0.717, 1.165) is 65.3 Å². The van der Waals surface area contributed by atoms with Crippen molar-refractivity contribution in [3.63, 3.8) is 0 Å². The molecule has 0 radical (unpaired) electrons. The van der Waals surface area contributed by atoms with Crippen LogP contribution >= 0.6 is 0 Å².